The molecule has 4 fully saturated rings. The number of benzene rings is 1. The van der Waals surface area contributed by atoms with Crippen LogP contribution in [0.25, 0.3) is 0 Å². The molecule has 2 bridgehead atoms. The van der Waals surface area contributed by atoms with E-state index in [0.717, 1.165) is 23.7 Å². The van der Waals surface area contributed by atoms with E-state index in [-0.39, 0.29) is 0 Å². The Morgan fingerprint density at radius 1 is 1.15 bits per heavy atom. The number of nitriles is 1. The third-order valence-electron chi connectivity index (χ3n) is 7.50. The Kier molecular flexibility index (Phi) is 3.82. The van der Waals surface area contributed by atoms with Gasteiger partial charge >= 0.3 is 0 Å². The lowest BCUT2D eigenvalue weighted by molar-refractivity contribution is 0.0462. The summed E-state index contributed by atoms with van der Waals surface area (Å²) in [6.07, 6.45) is 10.4. The maximum atomic E-state index is 9.10. The summed E-state index contributed by atoms with van der Waals surface area (Å²) in [5.41, 5.74) is 5.41. The van der Waals surface area contributed by atoms with Crippen molar-refractivity contribution in [1.82, 2.24) is 9.78 Å². The molecule has 0 saturated heterocycles. The van der Waals surface area contributed by atoms with E-state index in [1.54, 1.807) is 0 Å². The average molecular weight is 361 g/mol. The molecule has 2 aromatic rings. The molecule has 1 aromatic heterocycles. The topological polar surface area (TPSA) is 53.6 Å². The Labute approximate surface area is 161 Å². The highest BCUT2D eigenvalue weighted by Gasteiger charge is 2.50. The Balaban J connectivity index is 1.28. The summed E-state index contributed by atoms with van der Waals surface area (Å²) in [7, 11) is 2.15. The second-order valence-corrected chi connectivity index (χ2v) is 9.18. The lowest BCUT2D eigenvalue weighted by Crippen LogP contribution is -2.47. The van der Waals surface area contributed by atoms with E-state index in [1.807, 2.05) is 18.2 Å². The van der Waals surface area contributed by atoms with Gasteiger partial charge in [0.15, 0.2) is 0 Å². The van der Waals surface area contributed by atoms with Gasteiger partial charge in [0.05, 0.1) is 17.3 Å². The van der Waals surface area contributed by atoms with Crippen LogP contribution in [-0.2, 0) is 12.5 Å². The average Bonchev–Trinajstić information content (AvgIpc) is 3.50. The Bertz CT molecular complexity index is 875. The molecule has 4 heteroatoms. The van der Waals surface area contributed by atoms with Gasteiger partial charge in [-0.25, -0.2) is 0 Å². The van der Waals surface area contributed by atoms with E-state index >= 15 is 0 Å². The Morgan fingerprint density at radius 3 is 2.56 bits per heavy atom. The van der Waals surface area contributed by atoms with Crippen molar-refractivity contribution in [2.75, 3.05) is 11.9 Å². The number of hydrogen-bond donors (Lipinski definition) is 1. The number of fused-ring (bicyclic) bond motifs is 3. The van der Waals surface area contributed by atoms with Crippen LogP contribution >= 0.6 is 0 Å². The molecular formula is C23H28N4. The van der Waals surface area contributed by atoms with Crippen LogP contribution in [0.4, 0.5) is 5.69 Å². The summed E-state index contributed by atoms with van der Waals surface area (Å²) >= 11 is 0. The normalized spacial score (nSPS) is 29.5. The molecule has 1 heterocycles. The van der Waals surface area contributed by atoms with Crippen LogP contribution in [0.2, 0.25) is 0 Å². The van der Waals surface area contributed by atoms with E-state index in [9.17, 15) is 0 Å². The summed E-state index contributed by atoms with van der Waals surface area (Å²) in [6, 6.07) is 12.5. The van der Waals surface area contributed by atoms with Gasteiger partial charge in [-0.1, -0.05) is 6.07 Å². The number of anilines is 1. The first-order valence-corrected chi connectivity index (χ1v) is 10.4. The molecule has 140 valence electrons. The van der Waals surface area contributed by atoms with Crippen molar-refractivity contribution in [3.05, 3.63) is 47.3 Å². The number of hydrogen-bond acceptors (Lipinski definition) is 3. The molecule has 4 saturated carbocycles. The first kappa shape index (κ1) is 16.9. The summed E-state index contributed by atoms with van der Waals surface area (Å²) < 4.78 is 2.19. The predicted octanol–water partition coefficient (Wildman–Crippen LogP) is 4.87. The third kappa shape index (κ3) is 2.94. The molecule has 1 aromatic carbocycles. The van der Waals surface area contributed by atoms with Crippen molar-refractivity contribution in [2.45, 2.75) is 62.7 Å². The second-order valence-electron chi connectivity index (χ2n) is 9.18. The zero-order valence-corrected chi connectivity index (χ0v) is 16.2. The number of nitrogens with one attached hydrogen (secondary N) is 1. The standard InChI is InChI=1S/C23H28N4/c1-27-21(14-20(26-27)18-5-6-18)23-10-7-22(8-11-23,9-12-23)16-25-19-4-2-3-17(13-19)15-24/h2-4,13-14,18,25H,5-12,16H2,1H3. The number of rotatable bonds is 5. The first-order chi connectivity index (χ1) is 13.1. The fourth-order valence-corrected chi connectivity index (χ4v) is 5.47. The number of nitrogens with zero attached hydrogens (tertiary/aromatic N) is 3. The molecule has 4 aliphatic carbocycles. The van der Waals surface area contributed by atoms with E-state index < -0.39 is 0 Å². The van der Waals surface area contributed by atoms with Crippen molar-refractivity contribution in [2.24, 2.45) is 12.5 Å². The smallest absolute Gasteiger partial charge is 0.0992 e. The predicted molar refractivity (Wildman–Crippen MR) is 107 cm³/mol. The molecule has 4 aliphatic rings. The minimum atomic E-state index is 0.358. The van der Waals surface area contributed by atoms with E-state index in [4.69, 9.17) is 10.4 Å². The Hall–Kier alpha value is -2.28. The zero-order valence-electron chi connectivity index (χ0n) is 16.2. The van der Waals surface area contributed by atoms with Gasteiger partial charge in [-0.3, -0.25) is 4.68 Å². The highest BCUT2D eigenvalue weighted by atomic mass is 15.3. The summed E-state index contributed by atoms with van der Waals surface area (Å²) in [5.74, 6) is 0.737. The molecule has 0 radical (unpaired) electrons. The fraction of sp³-hybridized carbons (Fsp3) is 0.565. The highest BCUT2D eigenvalue weighted by Crippen LogP contribution is 2.58. The fourth-order valence-electron chi connectivity index (χ4n) is 5.47. The van der Waals surface area contributed by atoms with Gasteiger partial charge in [0.2, 0.25) is 0 Å². The summed E-state index contributed by atoms with van der Waals surface area (Å²) in [4.78, 5) is 0. The van der Waals surface area contributed by atoms with E-state index in [2.05, 4.69) is 35.2 Å². The molecule has 27 heavy (non-hydrogen) atoms. The van der Waals surface area contributed by atoms with Crippen molar-refractivity contribution >= 4 is 5.69 Å². The van der Waals surface area contributed by atoms with Gasteiger partial charge in [-0.05, 0) is 81.0 Å². The molecule has 1 N–H and O–H groups in total. The van der Waals surface area contributed by atoms with Crippen LogP contribution in [0.3, 0.4) is 0 Å². The largest absolute Gasteiger partial charge is 0.384 e. The van der Waals surface area contributed by atoms with Crippen LogP contribution in [0.15, 0.2) is 30.3 Å². The van der Waals surface area contributed by atoms with Crippen molar-refractivity contribution < 1.29 is 0 Å². The van der Waals surface area contributed by atoms with Crippen LogP contribution in [0.1, 0.15) is 74.2 Å². The molecule has 0 spiro atoms. The van der Waals surface area contributed by atoms with Crippen molar-refractivity contribution in [3.8, 4) is 6.07 Å². The van der Waals surface area contributed by atoms with Crippen LogP contribution in [0.5, 0.6) is 0 Å². The third-order valence-corrected chi connectivity index (χ3v) is 7.50. The maximum Gasteiger partial charge on any atom is 0.0992 e. The van der Waals surface area contributed by atoms with Crippen molar-refractivity contribution in [3.63, 3.8) is 0 Å². The molecule has 4 nitrogen and oxygen atoms in total. The number of aryl methyl sites for hydroxylation is 1. The number of aromatic nitrogens is 2. The van der Waals surface area contributed by atoms with Gasteiger partial charge in [0.1, 0.15) is 0 Å². The molecule has 0 unspecified atom stereocenters. The molecule has 0 atom stereocenters. The molecule has 0 aliphatic heterocycles. The highest BCUT2D eigenvalue weighted by molar-refractivity contribution is 5.49. The SMILES string of the molecule is Cn1nc(C2CC2)cc1C12CCC(CNc3cccc(C#N)c3)(CC1)CC2. The molecular weight excluding hydrogens is 332 g/mol. The minimum Gasteiger partial charge on any atom is -0.384 e. The van der Waals surface area contributed by atoms with Gasteiger partial charge < -0.3 is 5.32 Å². The van der Waals surface area contributed by atoms with Gasteiger partial charge in [0.25, 0.3) is 0 Å². The molecule has 0 amide bonds. The maximum absolute atomic E-state index is 9.10. The minimum absolute atomic E-state index is 0.358. The summed E-state index contributed by atoms with van der Waals surface area (Å²) in [5, 5.41) is 17.6. The van der Waals surface area contributed by atoms with Crippen LogP contribution < -0.4 is 5.32 Å². The summed E-state index contributed by atoms with van der Waals surface area (Å²) in [6.45, 7) is 1.02. The van der Waals surface area contributed by atoms with E-state index in [0.29, 0.717) is 10.8 Å². The van der Waals surface area contributed by atoms with Crippen LogP contribution in [0, 0.1) is 16.7 Å². The van der Waals surface area contributed by atoms with E-state index in [1.165, 1.54) is 62.8 Å². The monoisotopic (exact) mass is 360 g/mol. The van der Waals surface area contributed by atoms with Gasteiger partial charge in [-0.15, -0.1) is 0 Å². The van der Waals surface area contributed by atoms with Gasteiger partial charge in [0, 0.05) is 36.3 Å². The second kappa shape index (κ2) is 6.12. The molecule has 6 rings (SSSR count). The lowest BCUT2D eigenvalue weighted by atomic mass is 9.52. The quantitative estimate of drug-likeness (QED) is 0.827. The zero-order chi connectivity index (χ0) is 18.5. The van der Waals surface area contributed by atoms with Gasteiger partial charge in [-0.2, -0.15) is 10.4 Å². The lowest BCUT2D eigenvalue weighted by Gasteiger charge is -2.53. The Morgan fingerprint density at radius 2 is 1.89 bits per heavy atom. The first-order valence-electron chi connectivity index (χ1n) is 10.4. The van der Waals surface area contributed by atoms with Crippen LogP contribution in [-0.4, -0.2) is 16.3 Å². The van der Waals surface area contributed by atoms with Crippen molar-refractivity contribution in [1.29, 1.82) is 5.26 Å².